The summed E-state index contributed by atoms with van der Waals surface area (Å²) in [5.41, 5.74) is 0.715. The lowest BCUT2D eigenvalue weighted by Gasteiger charge is -2.23. The van der Waals surface area contributed by atoms with Gasteiger partial charge in [0.15, 0.2) is 0 Å². The molecule has 0 radical (unpaired) electrons. The van der Waals surface area contributed by atoms with Crippen molar-refractivity contribution in [2.45, 2.75) is 12.5 Å². The van der Waals surface area contributed by atoms with Crippen LogP contribution in [0.2, 0.25) is 0 Å². The molecule has 1 aromatic heterocycles. The third kappa shape index (κ3) is 1.83. The molecular formula is C15H16N2O2. The first-order valence-corrected chi connectivity index (χ1v) is 6.79. The number of hydrogen-bond donors (Lipinski definition) is 1. The standard InChI is InChI=1S/C15H16N2O2/c18-15(16-14-7-17-4-3-11(14)6-17)10-1-2-12-8-19-9-13(12)5-10/h1-2,5,8-9,11,14H,3-4,6-7H2,(H,16,18)/t11-,14?/m0/s1. The van der Waals surface area contributed by atoms with E-state index in [2.05, 4.69) is 10.2 Å². The quantitative estimate of drug-likeness (QED) is 0.892. The average Bonchev–Trinajstić information content (AvgIpc) is 3.13. The van der Waals surface area contributed by atoms with E-state index < -0.39 is 0 Å². The Kier molecular flexibility index (Phi) is 2.38. The molecule has 4 nitrogen and oxygen atoms in total. The Bertz CT molecular complexity index is 634. The normalized spacial score (nSPS) is 28.9. The van der Waals surface area contributed by atoms with Crippen LogP contribution in [0, 0.1) is 5.92 Å². The highest BCUT2D eigenvalue weighted by atomic mass is 16.3. The Balaban J connectivity index is 1.53. The highest BCUT2D eigenvalue weighted by Gasteiger charge is 2.38. The van der Waals surface area contributed by atoms with Crippen molar-refractivity contribution < 1.29 is 9.21 Å². The lowest BCUT2D eigenvalue weighted by atomic mass is 9.99. The fraction of sp³-hybridized carbons (Fsp3) is 0.400. The minimum absolute atomic E-state index is 0.0295. The van der Waals surface area contributed by atoms with Gasteiger partial charge in [0.05, 0.1) is 12.5 Å². The number of piperidine rings is 1. The van der Waals surface area contributed by atoms with Crippen molar-refractivity contribution in [3.8, 4) is 0 Å². The van der Waals surface area contributed by atoms with Crippen LogP contribution in [0.1, 0.15) is 16.8 Å². The van der Waals surface area contributed by atoms with E-state index in [9.17, 15) is 4.79 Å². The van der Waals surface area contributed by atoms with Crippen LogP contribution in [0.15, 0.2) is 35.1 Å². The number of nitrogens with one attached hydrogen (secondary N) is 1. The highest BCUT2D eigenvalue weighted by Crippen LogP contribution is 2.28. The van der Waals surface area contributed by atoms with E-state index in [1.54, 1.807) is 12.5 Å². The molecule has 98 valence electrons. The zero-order chi connectivity index (χ0) is 12.8. The van der Waals surface area contributed by atoms with E-state index in [1.165, 1.54) is 13.0 Å². The summed E-state index contributed by atoms with van der Waals surface area (Å²) in [5.74, 6) is 0.670. The first-order valence-electron chi connectivity index (χ1n) is 6.79. The molecule has 19 heavy (non-hydrogen) atoms. The molecule has 3 heterocycles. The summed E-state index contributed by atoms with van der Waals surface area (Å²) in [6.45, 7) is 3.34. The number of benzene rings is 1. The van der Waals surface area contributed by atoms with Gasteiger partial charge in [0.2, 0.25) is 0 Å². The summed E-state index contributed by atoms with van der Waals surface area (Å²) in [7, 11) is 0. The maximum absolute atomic E-state index is 12.3. The Morgan fingerprint density at radius 2 is 2.16 bits per heavy atom. The fourth-order valence-electron chi connectivity index (χ4n) is 3.31. The first kappa shape index (κ1) is 11.1. The molecular weight excluding hydrogens is 240 g/mol. The van der Waals surface area contributed by atoms with E-state index in [0.717, 1.165) is 23.9 Å². The van der Waals surface area contributed by atoms with Gasteiger partial charge in [-0.05, 0) is 31.0 Å². The van der Waals surface area contributed by atoms with Gasteiger partial charge in [-0.1, -0.05) is 6.07 Å². The SMILES string of the molecule is O=C(NC1CN2CC[C@H]1C2)c1ccc2cocc2c1. The maximum Gasteiger partial charge on any atom is 0.251 e. The molecule has 2 aromatic rings. The molecule has 4 rings (SSSR count). The summed E-state index contributed by atoms with van der Waals surface area (Å²) >= 11 is 0. The van der Waals surface area contributed by atoms with Crippen molar-refractivity contribution in [1.29, 1.82) is 0 Å². The van der Waals surface area contributed by atoms with E-state index in [0.29, 0.717) is 17.5 Å². The summed E-state index contributed by atoms with van der Waals surface area (Å²) < 4.78 is 5.13. The minimum atomic E-state index is 0.0295. The number of carbonyl (C=O) groups excluding carboxylic acids is 1. The monoisotopic (exact) mass is 256 g/mol. The van der Waals surface area contributed by atoms with Crippen molar-refractivity contribution in [2.24, 2.45) is 5.92 Å². The molecule has 1 N–H and O–H groups in total. The summed E-state index contributed by atoms with van der Waals surface area (Å²) in [5, 5.41) is 5.18. The van der Waals surface area contributed by atoms with Gasteiger partial charge in [-0.2, -0.15) is 0 Å². The number of fused-ring (bicyclic) bond motifs is 3. The van der Waals surface area contributed by atoms with Gasteiger partial charge in [0.1, 0.15) is 0 Å². The molecule has 2 unspecified atom stereocenters. The van der Waals surface area contributed by atoms with Gasteiger partial charge in [-0.15, -0.1) is 0 Å². The number of nitrogens with zero attached hydrogens (tertiary/aromatic N) is 1. The van der Waals surface area contributed by atoms with Crippen LogP contribution in [0.5, 0.6) is 0 Å². The van der Waals surface area contributed by atoms with E-state index in [1.807, 2.05) is 18.2 Å². The van der Waals surface area contributed by atoms with Crippen LogP contribution in [0.3, 0.4) is 0 Å². The van der Waals surface area contributed by atoms with E-state index >= 15 is 0 Å². The molecule has 0 aliphatic carbocycles. The van der Waals surface area contributed by atoms with Crippen LogP contribution in [-0.2, 0) is 0 Å². The fourth-order valence-corrected chi connectivity index (χ4v) is 3.31. The van der Waals surface area contributed by atoms with Gasteiger partial charge >= 0.3 is 0 Å². The Hall–Kier alpha value is -1.81. The van der Waals surface area contributed by atoms with Crippen molar-refractivity contribution in [3.63, 3.8) is 0 Å². The molecule has 2 fully saturated rings. The second kappa shape index (κ2) is 4.10. The van der Waals surface area contributed by atoms with Crippen LogP contribution in [0.25, 0.3) is 10.8 Å². The Labute approximate surface area is 111 Å². The lowest BCUT2D eigenvalue weighted by molar-refractivity contribution is 0.0924. The number of amides is 1. The molecule has 1 amide bonds. The highest BCUT2D eigenvalue weighted by molar-refractivity contribution is 5.98. The topological polar surface area (TPSA) is 45.5 Å². The van der Waals surface area contributed by atoms with Gasteiger partial charge in [-0.25, -0.2) is 0 Å². The first-order chi connectivity index (χ1) is 9.29. The van der Waals surface area contributed by atoms with Gasteiger partial charge in [0.25, 0.3) is 5.91 Å². The van der Waals surface area contributed by atoms with Gasteiger partial charge in [0, 0.05) is 35.5 Å². The number of furan rings is 1. The van der Waals surface area contributed by atoms with Gasteiger partial charge in [-0.3, -0.25) is 4.79 Å². The molecule has 2 aliphatic rings. The van der Waals surface area contributed by atoms with Crippen LogP contribution < -0.4 is 5.32 Å². The van der Waals surface area contributed by atoms with Crippen molar-refractivity contribution in [3.05, 3.63) is 36.3 Å². The number of hydrogen-bond acceptors (Lipinski definition) is 3. The maximum atomic E-state index is 12.3. The minimum Gasteiger partial charge on any atom is -0.471 e. The van der Waals surface area contributed by atoms with Gasteiger partial charge < -0.3 is 14.6 Å². The molecule has 1 aromatic carbocycles. The third-order valence-electron chi connectivity index (χ3n) is 4.39. The predicted octanol–water partition coefficient (Wildman–Crippen LogP) is 1.87. The molecule has 0 spiro atoms. The second-order valence-corrected chi connectivity index (χ2v) is 5.60. The predicted molar refractivity (Wildman–Crippen MR) is 72.0 cm³/mol. The summed E-state index contributed by atoms with van der Waals surface area (Å²) in [4.78, 5) is 14.7. The molecule has 0 saturated carbocycles. The molecule has 2 aliphatic heterocycles. The average molecular weight is 256 g/mol. The largest absolute Gasteiger partial charge is 0.471 e. The van der Waals surface area contributed by atoms with Crippen molar-refractivity contribution >= 4 is 16.7 Å². The van der Waals surface area contributed by atoms with Crippen LogP contribution in [0.4, 0.5) is 0 Å². The van der Waals surface area contributed by atoms with Crippen LogP contribution >= 0.6 is 0 Å². The van der Waals surface area contributed by atoms with Crippen molar-refractivity contribution in [1.82, 2.24) is 10.2 Å². The van der Waals surface area contributed by atoms with E-state index in [-0.39, 0.29) is 5.91 Å². The smallest absolute Gasteiger partial charge is 0.251 e. The molecule has 2 bridgehead atoms. The Morgan fingerprint density at radius 3 is 2.95 bits per heavy atom. The van der Waals surface area contributed by atoms with Crippen LogP contribution in [-0.4, -0.2) is 36.5 Å². The Morgan fingerprint density at radius 1 is 1.26 bits per heavy atom. The van der Waals surface area contributed by atoms with Crippen molar-refractivity contribution in [2.75, 3.05) is 19.6 Å². The summed E-state index contributed by atoms with van der Waals surface area (Å²) in [6.07, 6.45) is 4.58. The molecule has 2 saturated heterocycles. The van der Waals surface area contributed by atoms with E-state index in [4.69, 9.17) is 4.42 Å². The zero-order valence-electron chi connectivity index (χ0n) is 10.6. The molecule has 3 atom stereocenters. The molecule has 4 heteroatoms. The zero-order valence-corrected chi connectivity index (χ0v) is 10.6. The number of rotatable bonds is 2. The number of carbonyl (C=O) groups is 1. The third-order valence-corrected chi connectivity index (χ3v) is 4.39. The second-order valence-electron chi connectivity index (χ2n) is 5.60. The lowest BCUT2D eigenvalue weighted by Crippen LogP contribution is -2.43. The summed E-state index contributed by atoms with van der Waals surface area (Å²) in [6, 6.07) is 6.00.